The van der Waals surface area contributed by atoms with Crippen LogP contribution in [0.5, 0.6) is 0 Å². The summed E-state index contributed by atoms with van der Waals surface area (Å²) in [5.74, 6) is -0.764. The number of rotatable bonds is 1. The molecule has 0 fully saturated rings. The highest BCUT2D eigenvalue weighted by atomic mass is 16.4. The Kier molecular flexibility index (Phi) is 2.50. The van der Waals surface area contributed by atoms with E-state index in [2.05, 4.69) is 20.8 Å². The van der Waals surface area contributed by atoms with Gasteiger partial charge >= 0.3 is 5.97 Å². The van der Waals surface area contributed by atoms with Crippen molar-refractivity contribution in [3.63, 3.8) is 0 Å². The molecule has 86 valence electrons. The van der Waals surface area contributed by atoms with Crippen LogP contribution in [-0.2, 0) is 11.3 Å². The van der Waals surface area contributed by atoms with Crippen LogP contribution in [0.1, 0.15) is 37.9 Å². The summed E-state index contributed by atoms with van der Waals surface area (Å²) < 4.78 is 0. The van der Waals surface area contributed by atoms with Crippen LogP contribution in [0.4, 0.5) is 0 Å². The molecule has 0 saturated carbocycles. The van der Waals surface area contributed by atoms with Gasteiger partial charge in [0.05, 0.1) is 0 Å². The van der Waals surface area contributed by atoms with E-state index in [-0.39, 0.29) is 5.54 Å². The fourth-order valence-corrected chi connectivity index (χ4v) is 2.28. The van der Waals surface area contributed by atoms with Gasteiger partial charge in [-0.3, -0.25) is 9.69 Å². The zero-order chi connectivity index (χ0) is 11.9. The first kappa shape index (κ1) is 11.1. The maximum atomic E-state index is 11.4. The molecule has 1 heterocycles. The molecule has 1 aliphatic rings. The predicted octanol–water partition coefficient (Wildman–Crippen LogP) is 2.43. The number of carbonyl (C=O) groups is 1. The second-order valence-electron chi connectivity index (χ2n) is 5.24. The fraction of sp³-hybridized carbons (Fsp3) is 0.462. The van der Waals surface area contributed by atoms with Gasteiger partial charge in [-0.25, -0.2) is 0 Å². The molecule has 3 nitrogen and oxygen atoms in total. The van der Waals surface area contributed by atoms with E-state index in [9.17, 15) is 9.90 Å². The number of carboxylic acid groups (broad SMARTS) is 1. The lowest BCUT2D eigenvalue weighted by molar-refractivity contribution is -0.145. The van der Waals surface area contributed by atoms with Gasteiger partial charge in [0.25, 0.3) is 0 Å². The summed E-state index contributed by atoms with van der Waals surface area (Å²) in [4.78, 5) is 13.4. The molecule has 0 unspecified atom stereocenters. The van der Waals surface area contributed by atoms with Gasteiger partial charge in [-0.2, -0.15) is 0 Å². The van der Waals surface area contributed by atoms with Crippen LogP contribution in [0.15, 0.2) is 24.3 Å². The summed E-state index contributed by atoms with van der Waals surface area (Å²) in [6, 6.07) is 7.29. The Morgan fingerprint density at radius 1 is 1.38 bits per heavy atom. The van der Waals surface area contributed by atoms with E-state index >= 15 is 0 Å². The van der Waals surface area contributed by atoms with Gasteiger partial charge in [-0.05, 0) is 31.9 Å². The van der Waals surface area contributed by atoms with E-state index in [4.69, 9.17) is 0 Å². The Bertz CT molecular complexity index is 420. The zero-order valence-electron chi connectivity index (χ0n) is 9.90. The molecule has 1 aromatic rings. The van der Waals surface area contributed by atoms with Crippen LogP contribution in [0.2, 0.25) is 0 Å². The third-order valence-corrected chi connectivity index (χ3v) is 3.10. The molecule has 0 aliphatic carbocycles. The average Bonchev–Trinajstić information content (AvgIpc) is 2.55. The Morgan fingerprint density at radius 3 is 2.56 bits per heavy atom. The fourth-order valence-electron chi connectivity index (χ4n) is 2.28. The number of benzene rings is 1. The highest BCUT2D eigenvalue weighted by molar-refractivity contribution is 5.77. The van der Waals surface area contributed by atoms with Crippen molar-refractivity contribution in [3.05, 3.63) is 35.4 Å². The van der Waals surface area contributed by atoms with Gasteiger partial charge < -0.3 is 5.11 Å². The van der Waals surface area contributed by atoms with Gasteiger partial charge in [0.2, 0.25) is 0 Å². The molecular weight excluding hydrogens is 202 g/mol. The zero-order valence-corrected chi connectivity index (χ0v) is 9.90. The largest absolute Gasteiger partial charge is 0.480 e. The standard InChI is InChI=1S/C13H17NO2/c1-13(2,3)14-8-9-6-4-5-7-10(9)11(14)12(15)16/h4-7,11H,8H2,1-3H3,(H,15,16)/t11-/m1/s1. The molecule has 0 radical (unpaired) electrons. The minimum absolute atomic E-state index is 0.137. The Morgan fingerprint density at radius 2 is 2.00 bits per heavy atom. The second kappa shape index (κ2) is 3.59. The quantitative estimate of drug-likeness (QED) is 0.788. The molecule has 1 aliphatic heterocycles. The predicted molar refractivity (Wildman–Crippen MR) is 62.1 cm³/mol. The minimum atomic E-state index is -0.764. The second-order valence-corrected chi connectivity index (χ2v) is 5.24. The van der Waals surface area contributed by atoms with Crippen LogP contribution in [0.3, 0.4) is 0 Å². The van der Waals surface area contributed by atoms with Crippen LogP contribution in [0, 0.1) is 0 Å². The highest BCUT2D eigenvalue weighted by Crippen LogP contribution is 2.38. The molecule has 0 saturated heterocycles. The average molecular weight is 219 g/mol. The summed E-state index contributed by atoms with van der Waals surface area (Å²) in [7, 11) is 0. The molecule has 3 heteroatoms. The van der Waals surface area contributed by atoms with E-state index in [0.717, 1.165) is 17.7 Å². The van der Waals surface area contributed by atoms with E-state index < -0.39 is 12.0 Å². The lowest BCUT2D eigenvalue weighted by atomic mass is 10.0. The van der Waals surface area contributed by atoms with Crippen LogP contribution >= 0.6 is 0 Å². The van der Waals surface area contributed by atoms with Gasteiger partial charge in [0.1, 0.15) is 6.04 Å². The van der Waals surface area contributed by atoms with E-state index in [1.54, 1.807) is 0 Å². The van der Waals surface area contributed by atoms with Crippen molar-refractivity contribution in [1.82, 2.24) is 4.90 Å². The smallest absolute Gasteiger partial charge is 0.325 e. The van der Waals surface area contributed by atoms with Crippen LogP contribution < -0.4 is 0 Å². The van der Waals surface area contributed by atoms with Gasteiger partial charge in [0, 0.05) is 12.1 Å². The maximum Gasteiger partial charge on any atom is 0.325 e. The normalized spacial score (nSPS) is 20.8. The third kappa shape index (κ3) is 1.71. The monoisotopic (exact) mass is 219 g/mol. The molecular formula is C13H17NO2. The molecule has 1 atom stereocenters. The topological polar surface area (TPSA) is 40.5 Å². The summed E-state index contributed by atoms with van der Waals surface area (Å²) in [6.45, 7) is 6.87. The summed E-state index contributed by atoms with van der Waals surface area (Å²) in [5.41, 5.74) is 1.93. The van der Waals surface area contributed by atoms with Crippen molar-refractivity contribution in [2.45, 2.75) is 38.9 Å². The highest BCUT2D eigenvalue weighted by Gasteiger charge is 2.40. The molecule has 1 aromatic carbocycles. The molecule has 16 heavy (non-hydrogen) atoms. The first-order chi connectivity index (χ1) is 7.41. The molecule has 1 N–H and O–H groups in total. The third-order valence-electron chi connectivity index (χ3n) is 3.10. The number of hydrogen-bond donors (Lipinski definition) is 1. The van der Waals surface area contributed by atoms with Crippen molar-refractivity contribution in [2.24, 2.45) is 0 Å². The molecule has 2 rings (SSSR count). The Labute approximate surface area is 95.7 Å². The van der Waals surface area contributed by atoms with Gasteiger partial charge in [-0.15, -0.1) is 0 Å². The number of hydrogen-bond acceptors (Lipinski definition) is 2. The van der Waals surface area contributed by atoms with Gasteiger partial charge in [0.15, 0.2) is 0 Å². The molecule has 0 spiro atoms. The molecule has 0 bridgehead atoms. The summed E-state index contributed by atoms with van der Waals surface area (Å²) in [5, 5.41) is 9.35. The SMILES string of the molecule is CC(C)(C)N1Cc2ccccc2[C@@H]1C(=O)O. The lowest BCUT2D eigenvalue weighted by Crippen LogP contribution is -2.42. The van der Waals surface area contributed by atoms with Gasteiger partial charge in [-0.1, -0.05) is 24.3 Å². The van der Waals surface area contributed by atoms with Crippen molar-refractivity contribution >= 4 is 5.97 Å². The minimum Gasteiger partial charge on any atom is -0.480 e. The number of aliphatic carboxylic acids is 1. The molecule has 0 amide bonds. The maximum absolute atomic E-state index is 11.4. The first-order valence-electron chi connectivity index (χ1n) is 5.48. The number of nitrogens with zero attached hydrogens (tertiary/aromatic N) is 1. The van der Waals surface area contributed by atoms with Crippen LogP contribution in [-0.4, -0.2) is 21.5 Å². The van der Waals surface area contributed by atoms with Crippen molar-refractivity contribution in [3.8, 4) is 0 Å². The summed E-state index contributed by atoms with van der Waals surface area (Å²) in [6.07, 6.45) is 0. The van der Waals surface area contributed by atoms with Crippen molar-refractivity contribution in [2.75, 3.05) is 0 Å². The van der Waals surface area contributed by atoms with Crippen LogP contribution in [0.25, 0.3) is 0 Å². The van der Waals surface area contributed by atoms with E-state index in [1.165, 1.54) is 0 Å². The number of fused-ring (bicyclic) bond motifs is 1. The lowest BCUT2D eigenvalue weighted by Gasteiger charge is -2.35. The first-order valence-corrected chi connectivity index (χ1v) is 5.48. The van der Waals surface area contributed by atoms with E-state index in [1.807, 2.05) is 29.2 Å². The number of carboxylic acids is 1. The van der Waals surface area contributed by atoms with E-state index in [0.29, 0.717) is 0 Å². The summed E-state index contributed by atoms with van der Waals surface area (Å²) >= 11 is 0. The molecule has 0 aromatic heterocycles. The van der Waals surface area contributed by atoms with Crippen molar-refractivity contribution in [1.29, 1.82) is 0 Å². The Hall–Kier alpha value is -1.35. The van der Waals surface area contributed by atoms with Crippen molar-refractivity contribution < 1.29 is 9.90 Å². The Balaban J connectivity index is 2.46.